The van der Waals surface area contributed by atoms with Crippen LogP contribution in [0.3, 0.4) is 0 Å². The smallest absolute Gasteiger partial charge is 0.0824 e. The Kier molecular flexibility index (Phi) is 5.17. The van der Waals surface area contributed by atoms with Gasteiger partial charge in [-0.3, -0.25) is 0 Å². The van der Waals surface area contributed by atoms with Gasteiger partial charge >= 0.3 is 0 Å². The lowest BCUT2D eigenvalue weighted by Crippen LogP contribution is -2.09. The van der Waals surface area contributed by atoms with Crippen molar-refractivity contribution in [3.63, 3.8) is 0 Å². The summed E-state index contributed by atoms with van der Waals surface area (Å²) in [4.78, 5) is 0. The van der Waals surface area contributed by atoms with Crippen molar-refractivity contribution in [1.82, 2.24) is 15.0 Å². The summed E-state index contributed by atoms with van der Waals surface area (Å²) >= 11 is 0. The number of aromatic nitrogens is 3. The minimum atomic E-state index is 0.631. The third-order valence-corrected chi connectivity index (χ3v) is 1.84. The highest BCUT2D eigenvalue weighted by molar-refractivity contribution is 4.90. The molecule has 1 heterocycles. The minimum absolute atomic E-state index is 0.631. The van der Waals surface area contributed by atoms with Crippen LogP contribution in [-0.2, 0) is 22.4 Å². The van der Waals surface area contributed by atoms with E-state index in [0.29, 0.717) is 19.8 Å². The fourth-order valence-electron chi connectivity index (χ4n) is 1.01. The van der Waals surface area contributed by atoms with Crippen LogP contribution in [0.4, 0.5) is 0 Å². The van der Waals surface area contributed by atoms with Crippen LogP contribution in [0.15, 0.2) is 6.20 Å². The first kappa shape index (κ1) is 11.1. The van der Waals surface area contributed by atoms with E-state index in [9.17, 15) is 0 Å². The fourth-order valence-corrected chi connectivity index (χ4v) is 1.01. The molecule has 0 N–H and O–H groups in total. The molecule has 5 nitrogen and oxygen atoms in total. The molecule has 0 fully saturated rings. The van der Waals surface area contributed by atoms with Gasteiger partial charge in [0.25, 0.3) is 0 Å². The zero-order valence-corrected chi connectivity index (χ0v) is 8.77. The van der Waals surface area contributed by atoms with Gasteiger partial charge in [0.1, 0.15) is 0 Å². The number of ether oxygens (including phenoxy) is 2. The molecule has 0 aliphatic rings. The quantitative estimate of drug-likeness (QED) is 0.600. The van der Waals surface area contributed by atoms with Gasteiger partial charge in [-0.2, -0.15) is 0 Å². The maximum Gasteiger partial charge on any atom is 0.0824 e. The summed E-state index contributed by atoms with van der Waals surface area (Å²) in [6.45, 7) is 4.72. The summed E-state index contributed by atoms with van der Waals surface area (Å²) in [6, 6.07) is 0. The van der Waals surface area contributed by atoms with Gasteiger partial charge in [0.05, 0.1) is 32.1 Å². The van der Waals surface area contributed by atoms with E-state index in [1.165, 1.54) is 0 Å². The number of hydrogen-bond acceptors (Lipinski definition) is 4. The number of methoxy groups -OCH3 is 1. The second kappa shape index (κ2) is 6.50. The van der Waals surface area contributed by atoms with Gasteiger partial charge in [-0.1, -0.05) is 12.1 Å². The molecule has 0 radical (unpaired) electrons. The molecule has 0 atom stereocenters. The Morgan fingerprint density at radius 1 is 1.36 bits per heavy atom. The highest BCUT2D eigenvalue weighted by Gasteiger charge is 1.97. The summed E-state index contributed by atoms with van der Waals surface area (Å²) in [5.74, 6) is 0. The van der Waals surface area contributed by atoms with Gasteiger partial charge in [0.15, 0.2) is 0 Å². The van der Waals surface area contributed by atoms with E-state index in [2.05, 4.69) is 17.2 Å². The monoisotopic (exact) mass is 199 g/mol. The molecule has 0 bridgehead atoms. The molecule has 0 aliphatic carbocycles. The Bertz CT molecular complexity index is 250. The molecule has 0 spiro atoms. The lowest BCUT2D eigenvalue weighted by Gasteiger charge is -2.02. The Hall–Kier alpha value is -0.940. The van der Waals surface area contributed by atoms with Gasteiger partial charge in [-0.15, -0.1) is 5.10 Å². The molecule has 0 unspecified atom stereocenters. The summed E-state index contributed by atoms with van der Waals surface area (Å²) < 4.78 is 12.0. The molecular formula is C9H17N3O2. The lowest BCUT2D eigenvalue weighted by molar-refractivity contribution is 0.0652. The van der Waals surface area contributed by atoms with Gasteiger partial charge in [-0.25, -0.2) is 4.68 Å². The second-order valence-corrected chi connectivity index (χ2v) is 2.93. The summed E-state index contributed by atoms with van der Waals surface area (Å²) in [7, 11) is 1.66. The van der Waals surface area contributed by atoms with Crippen molar-refractivity contribution >= 4 is 0 Å². The van der Waals surface area contributed by atoms with E-state index in [1.807, 2.05) is 6.20 Å². The van der Waals surface area contributed by atoms with Crippen molar-refractivity contribution in [2.24, 2.45) is 0 Å². The second-order valence-electron chi connectivity index (χ2n) is 2.93. The molecule has 0 aromatic carbocycles. The predicted molar refractivity (Wildman–Crippen MR) is 52.1 cm³/mol. The molecule has 80 valence electrons. The standard InChI is InChI=1S/C9H17N3O2/c1-3-9-8-12(11-10-9)4-5-14-7-6-13-2/h8H,3-7H2,1-2H3. The van der Waals surface area contributed by atoms with Crippen LogP contribution >= 0.6 is 0 Å². The van der Waals surface area contributed by atoms with E-state index < -0.39 is 0 Å². The maximum absolute atomic E-state index is 5.31. The summed E-state index contributed by atoms with van der Waals surface area (Å²) in [5, 5.41) is 7.94. The van der Waals surface area contributed by atoms with E-state index in [-0.39, 0.29) is 0 Å². The van der Waals surface area contributed by atoms with Crippen molar-refractivity contribution in [2.45, 2.75) is 19.9 Å². The molecule has 0 amide bonds. The van der Waals surface area contributed by atoms with E-state index >= 15 is 0 Å². The Labute approximate surface area is 84.0 Å². The van der Waals surface area contributed by atoms with Crippen LogP contribution in [0.2, 0.25) is 0 Å². The average Bonchev–Trinajstić information content (AvgIpc) is 2.65. The third-order valence-electron chi connectivity index (χ3n) is 1.84. The summed E-state index contributed by atoms with van der Waals surface area (Å²) in [6.07, 6.45) is 2.87. The summed E-state index contributed by atoms with van der Waals surface area (Å²) in [5.41, 5.74) is 1.02. The van der Waals surface area contributed by atoms with Gasteiger partial charge in [0, 0.05) is 13.3 Å². The highest BCUT2D eigenvalue weighted by Crippen LogP contribution is 1.93. The molecular weight excluding hydrogens is 182 g/mol. The molecule has 0 saturated heterocycles. The molecule has 1 rings (SSSR count). The molecule has 1 aromatic rings. The van der Waals surface area contributed by atoms with Gasteiger partial charge < -0.3 is 9.47 Å². The minimum Gasteiger partial charge on any atom is -0.382 e. The van der Waals surface area contributed by atoms with E-state index in [4.69, 9.17) is 9.47 Å². The number of hydrogen-bond donors (Lipinski definition) is 0. The van der Waals surface area contributed by atoms with Crippen molar-refractivity contribution in [3.05, 3.63) is 11.9 Å². The molecule has 0 saturated carbocycles. The van der Waals surface area contributed by atoms with Crippen molar-refractivity contribution in [3.8, 4) is 0 Å². The van der Waals surface area contributed by atoms with Crippen LogP contribution in [0.5, 0.6) is 0 Å². The third kappa shape index (κ3) is 3.85. The molecule has 14 heavy (non-hydrogen) atoms. The first-order valence-corrected chi connectivity index (χ1v) is 4.82. The van der Waals surface area contributed by atoms with Crippen molar-refractivity contribution in [1.29, 1.82) is 0 Å². The Morgan fingerprint density at radius 3 is 2.86 bits per heavy atom. The number of nitrogens with zero attached hydrogens (tertiary/aromatic N) is 3. The first-order chi connectivity index (χ1) is 6.86. The number of rotatable bonds is 7. The van der Waals surface area contributed by atoms with Crippen LogP contribution in [0.25, 0.3) is 0 Å². The zero-order valence-electron chi connectivity index (χ0n) is 8.77. The topological polar surface area (TPSA) is 49.2 Å². The maximum atomic E-state index is 5.31. The van der Waals surface area contributed by atoms with E-state index in [1.54, 1.807) is 11.8 Å². The van der Waals surface area contributed by atoms with E-state index in [0.717, 1.165) is 18.7 Å². The molecule has 1 aromatic heterocycles. The lowest BCUT2D eigenvalue weighted by atomic mass is 10.4. The van der Waals surface area contributed by atoms with Crippen LogP contribution in [0.1, 0.15) is 12.6 Å². The Balaban J connectivity index is 2.12. The largest absolute Gasteiger partial charge is 0.382 e. The molecule has 0 aliphatic heterocycles. The molecule has 5 heteroatoms. The van der Waals surface area contributed by atoms with Crippen LogP contribution < -0.4 is 0 Å². The predicted octanol–water partition coefficient (Wildman–Crippen LogP) is 0.503. The normalized spacial score (nSPS) is 10.7. The average molecular weight is 199 g/mol. The van der Waals surface area contributed by atoms with Crippen LogP contribution in [-0.4, -0.2) is 41.9 Å². The van der Waals surface area contributed by atoms with Gasteiger partial charge in [0.2, 0.25) is 0 Å². The first-order valence-electron chi connectivity index (χ1n) is 4.82. The number of aryl methyl sites for hydroxylation is 1. The fraction of sp³-hybridized carbons (Fsp3) is 0.778. The van der Waals surface area contributed by atoms with Crippen LogP contribution in [0, 0.1) is 0 Å². The SMILES string of the molecule is CCc1cn(CCOCCOC)nn1. The van der Waals surface area contributed by atoms with Crippen molar-refractivity contribution < 1.29 is 9.47 Å². The van der Waals surface area contributed by atoms with Crippen molar-refractivity contribution in [2.75, 3.05) is 26.9 Å². The Morgan fingerprint density at radius 2 is 2.21 bits per heavy atom. The zero-order chi connectivity index (χ0) is 10.2. The van der Waals surface area contributed by atoms with Gasteiger partial charge in [-0.05, 0) is 6.42 Å². The highest BCUT2D eigenvalue weighted by atomic mass is 16.5.